The van der Waals surface area contributed by atoms with Gasteiger partial charge in [-0.15, -0.1) is 0 Å². The van der Waals surface area contributed by atoms with Crippen molar-refractivity contribution in [1.29, 1.82) is 0 Å². The molecule has 3 rings (SSSR count). The largest absolute Gasteiger partial charge is 0.772 e. The third-order valence-electron chi connectivity index (χ3n) is 3.37. The zero-order valence-electron chi connectivity index (χ0n) is 12.2. The summed E-state index contributed by atoms with van der Waals surface area (Å²) in [5.41, 5.74) is 2.68. The minimum absolute atomic E-state index is 0.0152. The van der Waals surface area contributed by atoms with Crippen molar-refractivity contribution in [3.8, 4) is 16.9 Å². The lowest BCUT2D eigenvalue weighted by Crippen LogP contribution is -2.00. The molecule has 0 saturated carbocycles. The molecule has 9 heteroatoms. The van der Waals surface area contributed by atoms with E-state index in [2.05, 4.69) is 9.97 Å². The zero-order chi connectivity index (χ0) is 17.1. The van der Waals surface area contributed by atoms with E-state index in [1.54, 1.807) is 47.6 Å². The Kier molecular flexibility index (Phi) is 4.45. The van der Waals surface area contributed by atoms with Gasteiger partial charge in [0.25, 0.3) is 5.69 Å². The Balaban J connectivity index is 1.92. The fourth-order valence-electron chi connectivity index (χ4n) is 2.23. The number of nitrogens with zero attached hydrogens (tertiary/aromatic N) is 4. The second kappa shape index (κ2) is 6.69. The first-order valence-corrected chi connectivity index (χ1v) is 8.07. The number of nitro benzene ring substituents is 1. The summed E-state index contributed by atoms with van der Waals surface area (Å²) in [4.78, 5) is 18.5. The predicted octanol–water partition coefficient (Wildman–Crippen LogP) is 2.22. The second-order valence-electron chi connectivity index (χ2n) is 4.91. The average molecular weight is 343 g/mol. The number of imidazole rings is 1. The van der Waals surface area contributed by atoms with Crippen LogP contribution < -0.4 is 0 Å². The van der Waals surface area contributed by atoms with Crippen molar-refractivity contribution >= 4 is 16.8 Å². The molecule has 0 saturated heterocycles. The Labute approximate surface area is 139 Å². The van der Waals surface area contributed by atoms with Crippen LogP contribution in [0.5, 0.6) is 0 Å². The Morgan fingerprint density at radius 1 is 1.12 bits per heavy atom. The summed E-state index contributed by atoms with van der Waals surface area (Å²) in [5.74, 6) is -0.139. The highest BCUT2D eigenvalue weighted by atomic mass is 32.2. The maximum absolute atomic E-state index is 10.7. The van der Waals surface area contributed by atoms with Crippen molar-refractivity contribution in [1.82, 2.24) is 14.5 Å². The standard InChI is InChI=1S/C15H12N4O4S/c20-19(21)13-4-1-11(2-5-13)15-8-16-10-18(15)14-6-3-12(17-7-14)9-24(22)23/h1-8,10H,9H2,(H,22,23)/p-1. The first kappa shape index (κ1) is 16.0. The molecule has 0 amide bonds. The van der Waals surface area contributed by atoms with Crippen molar-refractivity contribution in [3.05, 3.63) is 70.9 Å². The van der Waals surface area contributed by atoms with Gasteiger partial charge >= 0.3 is 0 Å². The molecule has 0 aliphatic carbocycles. The molecule has 0 aliphatic heterocycles. The normalized spacial score (nSPS) is 12.0. The molecule has 2 aromatic heterocycles. The molecule has 2 heterocycles. The fourth-order valence-corrected chi connectivity index (χ4v) is 2.65. The molecule has 0 bridgehead atoms. The van der Waals surface area contributed by atoms with Crippen molar-refractivity contribution in [3.63, 3.8) is 0 Å². The Morgan fingerprint density at radius 2 is 1.88 bits per heavy atom. The quantitative estimate of drug-likeness (QED) is 0.398. The van der Waals surface area contributed by atoms with Gasteiger partial charge in [-0.05, 0) is 35.3 Å². The van der Waals surface area contributed by atoms with E-state index in [0.717, 1.165) is 11.3 Å². The molecule has 122 valence electrons. The first-order valence-electron chi connectivity index (χ1n) is 6.83. The van der Waals surface area contributed by atoms with Gasteiger partial charge in [-0.1, -0.05) is 0 Å². The van der Waals surface area contributed by atoms with Gasteiger partial charge < -0.3 is 4.55 Å². The maximum Gasteiger partial charge on any atom is 0.269 e. The van der Waals surface area contributed by atoms with E-state index in [9.17, 15) is 18.9 Å². The number of nitro groups is 1. The van der Waals surface area contributed by atoms with E-state index >= 15 is 0 Å². The number of aromatic nitrogens is 3. The Morgan fingerprint density at radius 3 is 2.46 bits per heavy atom. The second-order valence-corrected chi connectivity index (χ2v) is 5.80. The molecule has 8 nitrogen and oxygen atoms in total. The van der Waals surface area contributed by atoms with Gasteiger partial charge in [0.1, 0.15) is 0 Å². The lowest BCUT2D eigenvalue weighted by Gasteiger charge is -2.09. The highest BCUT2D eigenvalue weighted by Gasteiger charge is 2.10. The maximum atomic E-state index is 10.7. The molecular formula is C15H11N4O4S-. The van der Waals surface area contributed by atoms with Crippen molar-refractivity contribution in [2.75, 3.05) is 0 Å². The molecule has 0 fully saturated rings. The summed E-state index contributed by atoms with van der Waals surface area (Å²) < 4.78 is 23.2. The summed E-state index contributed by atoms with van der Waals surface area (Å²) in [6.45, 7) is 0. The van der Waals surface area contributed by atoms with Crippen LogP contribution in [0.3, 0.4) is 0 Å². The van der Waals surface area contributed by atoms with Gasteiger partial charge in [0.2, 0.25) is 0 Å². The monoisotopic (exact) mass is 343 g/mol. The van der Waals surface area contributed by atoms with Gasteiger partial charge in [0.15, 0.2) is 0 Å². The molecule has 0 aliphatic rings. The van der Waals surface area contributed by atoms with Crippen molar-refractivity contribution < 1.29 is 13.7 Å². The third-order valence-corrected chi connectivity index (χ3v) is 3.90. The average Bonchev–Trinajstić information content (AvgIpc) is 3.04. The molecule has 1 unspecified atom stereocenters. The third kappa shape index (κ3) is 3.36. The molecule has 0 N–H and O–H groups in total. The Bertz CT molecular complexity index is 891. The number of pyridine rings is 1. The van der Waals surface area contributed by atoms with Gasteiger partial charge in [-0.3, -0.25) is 23.9 Å². The van der Waals surface area contributed by atoms with Crippen LogP contribution in [-0.2, 0) is 16.8 Å². The van der Waals surface area contributed by atoms with Crippen LogP contribution in [0.1, 0.15) is 5.69 Å². The van der Waals surface area contributed by atoms with Crippen LogP contribution in [0.4, 0.5) is 5.69 Å². The van der Waals surface area contributed by atoms with Crippen LogP contribution in [0, 0.1) is 10.1 Å². The zero-order valence-corrected chi connectivity index (χ0v) is 13.0. The van der Waals surface area contributed by atoms with Crippen molar-refractivity contribution in [2.45, 2.75) is 5.75 Å². The van der Waals surface area contributed by atoms with E-state index in [0.29, 0.717) is 11.4 Å². The van der Waals surface area contributed by atoms with Crippen molar-refractivity contribution in [2.24, 2.45) is 0 Å². The van der Waals surface area contributed by atoms with Gasteiger partial charge in [-0.2, -0.15) is 0 Å². The lowest BCUT2D eigenvalue weighted by atomic mass is 10.1. The summed E-state index contributed by atoms with van der Waals surface area (Å²) >= 11 is -2.19. The number of non-ortho nitro benzene ring substituents is 1. The number of hydrogen-bond acceptors (Lipinski definition) is 6. The molecule has 1 atom stereocenters. The van der Waals surface area contributed by atoms with E-state index in [1.807, 2.05) is 0 Å². The highest BCUT2D eigenvalue weighted by Crippen LogP contribution is 2.24. The topological polar surface area (TPSA) is 114 Å². The lowest BCUT2D eigenvalue weighted by molar-refractivity contribution is -0.384. The number of benzene rings is 1. The van der Waals surface area contributed by atoms with E-state index in [4.69, 9.17) is 0 Å². The summed E-state index contributed by atoms with van der Waals surface area (Å²) in [5, 5.41) is 10.7. The fraction of sp³-hybridized carbons (Fsp3) is 0.0667. The van der Waals surface area contributed by atoms with Crippen LogP contribution >= 0.6 is 0 Å². The minimum Gasteiger partial charge on any atom is -0.772 e. The molecule has 24 heavy (non-hydrogen) atoms. The summed E-state index contributed by atoms with van der Waals surface area (Å²) in [7, 11) is 0. The van der Waals surface area contributed by atoms with Crippen LogP contribution in [0.15, 0.2) is 55.1 Å². The molecule has 3 aromatic rings. The van der Waals surface area contributed by atoms with Gasteiger partial charge in [0.05, 0.1) is 46.5 Å². The van der Waals surface area contributed by atoms with E-state index < -0.39 is 16.0 Å². The Hall–Kier alpha value is -2.91. The minimum atomic E-state index is -2.19. The van der Waals surface area contributed by atoms with Gasteiger partial charge in [-0.25, -0.2) is 4.98 Å². The number of hydrogen-bond donors (Lipinski definition) is 0. The molecule has 0 radical (unpaired) electrons. The SMILES string of the molecule is O=[N+]([O-])c1ccc(-c2cncn2-c2ccc(CS(=O)[O-])nc2)cc1. The molecule has 1 aromatic carbocycles. The number of rotatable bonds is 5. The summed E-state index contributed by atoms with van der Waals surface area (Å²) in [6, 6.07) is 9.52. The van der Waals surface area contributed by atoms with Crippen LogP contribution in [-0.4, -0.2) is 28.2 Å². The molecular weight excluding hydrogens is 332 g/mol. The predicted molar refractivity (Wildman–Crippen MR) is 86.1 cm³/mol. The van der Waals surface area contributed by atoms with Crippen LogP contribution in [0.2, 0.25) is 0 Å². The highest BCUT2D eigenvalue weighted by molar-refractivity contribution is 7.78. The molecule has 0 spiro atoms. The first-order chi connectivity index (χ1) is 11.5. The van der Waals surface area contributed by atoms with Gasteiger partial charge in [0, 0.05) is 17.7 Å². The van der Waals surface area contributed by atoms with E-state index in [1.165, 1.54) is 12.1 Å². The smallest absolute Gasteiger partial charge is 0.269 e. The summed E-state index contributed by atoms with van der Waals surface area (Å²) in [6.07, 6.45) is 4.79. The van der Waals surface area contributed by atoms with Crippen LogP contribution in [0.25, 0.3) is 16.9 Å². The van der Waals surface area contributed by atoms with E-state index in [-0.39, 0.29) is 11.4 Å².